The van der Waals surface area contributed by atoms with Crippen LogP contribution < -0.4 is 10.6 Å². The van der Waals surface area contributed by atoms with Gasteiger partial charge in [0, 0.05) is 44.7 Å². The van der Waals surface area contributed by atoms with Gasteiger partial charge < -0.3 is 15.5 Å². The monoisotopic (exact) mass is 377 g/mol. The molecule has 1 aliphatic heterocycles. The van der Waals surface area contributed by atoms with Crippen LogP contribution in [0.2, 0.25) is 0 Å². The first-order valence-corrected chi connectivity index (χ1v) is 9.57. The van der Waals surface area contributed by atoms with Crippen LogP contribution in [0.25, 0.3) is 0 Å². The number of nitrogens with one attached hydrogen (secondary N) is 2. The zero-order valence-electron chi connectivity index (χ0n) is 14.7. The fourth-order valence-corrected chi connectivity index (χ4v) is 3.45. The van der Waals surface area contributed by atoms with Crippen molar-refractivity contribution in [1.29, 1.82) is 0 Å². The first-order chi connectivity index (χ1) is 12.6. The van der Waals surface area contributed by atoms with Crippen molar-refractivity contribution in [3.8, 4) is 0 Å². The lowest BCUT2D eigenvalue weighted by molar-refractivity contribution is -0.121. The Labute approximate surface area is 155 Å². The van der Waals surface area contributed by atoms with Crippen molar-refractivity contribution in [2.45, 2.75) is 25.7 Å². The van der Waals surface area contributed by atoms with Crippen molar-refractivity contribution >= 4 is 28.4 Å². The summed E-state index contributed by atoms with van der Waals surface area (Å²) in [5.74, 6) is 0.508. The molecular formula is C16H23N7O2S. The lowest BCUT2D eigenvalue weighted by atomic mass is 9.97. The number of amides is 3. The third kappa shape index (κ3) is 5.01. The van der Waals surface area contributed by atoms with Gasteiger partial charge in [0.25, 0.3) is 0 Å². The first-order valence-electron chi connectivity index (χ1n) is 8.69. The van der Waals surface area contributed by atoms with Gasteiger partial charge in [-0.05, 0) is 19.3 Å². The molecule has 0 bridgehead atoms. The van der Waals surface area contributed by atoms with Gasteiger partial charge in [-0.25, -0.2) is 14.8 Å². The van der Waals surface area contributed by atoms with Crippen LogP contribution in [0.3, 0.4) is 0 Å². The number of thiazole rings is 1. The number of carbonyl (C=O) groups excluding carboxylic acids is 2. The number of aryl methyl sites for hydroxylation is 2. The van der Waals surface area contributed by atoms with E-state index in [-0.39, 0.29) is 17.9 Å². The van der Waals surface area contributed by atoms with Gasteiger partial charge in [-0.15, -0.1) is 11.3 Å². The van der Waals surface area contributed by atoms with E-state index in [1.165, 1.54) is 11.3 Å². The average molecular weight is 377 g/mol. The number of piperidine rings is 1. The molecule has 1 aliphatic rings. The minimum Gasteiger partial charge on any atom is -0.338 e. The fourth-order valence-electron chi connectivity index (χ4n) is 2.92. The van der Waals surface area contributed by atoms with Crippen molar-refractivity contribution in [1.82, 2.24) is 30.0 Å². The van der Waals surface area contributed by atoms with Gasteiger partial charge in [-0.1, -0.05) is 0 Å². The molecular weight excluding hydrogens is 354 g/mol. The second-order valence-electron chi connectivity index (χ2n) is 6.28. The molecule has 1 saturated heterocycles. The molecule has 26 heavy (non-hydrogen) atoms. The minimum absolute atomic E-state index is 0.0707. The Bertz CT molecular complexity index is 731. The molecule has 1 fully saturated rings. The number of rotatable bonds is 6. The highest BCUT2D eigenvalue weighted by molar-refractivity contribution is 7.13. The molecule has 10 heteroatoms. The van der Waals surface area contributed by atoms with E-state index < -0.39 is 0 Å². The largest absolute Gasteiger partial charge is 0.338 e. The zero-order chi connectivity index (χ0) is 18.4. The molecule has 2 aromatic heterocycles. The van der Waals surface area contributed by atoms with Gasteiger partial charge in [0.2, 0.25) is 5.91 Å². The molecule has 0 radical (unpaired) electrons. The summed E-state index contributed by atoms with van der Waals surface area (Å²) >= 11 is 1.39. The highest BCUT2D eigenvalue weighted by Gasteiger charge is 2.28. The number of anilines is 1. The van der Waals surface area contributed by atoms with Gasteiger partial charge >= 0.3 is 6.03 Å². The normalized spacial score (nSPS) is 17.1. The minimum atomic E-state index is -0.198. The van der Waals surface area contributed by atoms with Crippen LogP contribution in [0.1, 0.15) is 25.1 Å². The van der Waals surface area contributed by atoms with Crippen molar-refractivity contribution in [3.63, 3.8) is 0 Å². The van der Waals surface area contributed by atoms with E-state index >= 15 is 0 Å². The summed E-state index contributed by atoms with van der Waals surface area (Å²) in [4.78, 5) is 34.6. The summed E-state index contributed by atoms with van der Waals surface area (Å²) in [5.41, 5.74) is 0. The maximum atomic E-state index is 12.3. The number of hydrogen-bond donors (Lipinski definition) is 2. The molecule has 0 spiro atoms. The predicted molar refractivity (Wildman–Crippen MR) is 97.8 cm³/mol. The van der Waals surface area contributed by atoms with Crippen molar-refractivity contribution in [2.24, 2.45) is 13.0 Å². The Morgan fingerprint density at radius 1 is 1.38 bits per heavy atom. The summed E-state index contributed by atoms with van der Waals surface area (Å²) in [7, 11) is 1.83. The van der Waals surface area contributed by atoms with E-state index in [9.17, 15) is 9.59 Å². The van der Waals surface area contributed by atoms with E-state index in [0.29, 0.717) is 24.8 Å². The molecule has 0 aliphatic carbocycles. The maximum absolute atomic E-state index is 12.3. The Morgan fingerprint density at radius 3 is 3.00 bits per heavy atom. The van der Waals surface area contributed by atoms with Crippen LogP contribution in [0.5, 0.6) is 0 Å². The van der Waals surface area contributed by atoms with Gasteiger partial charge in [0.05, 0.1) is 5.92 Å². The number of carbonyl (C=O) groups is 2. The smallest absolute Gasteiger partial charge is 0.317 e. The Morgan fingerprint density at radius 2 is 2.27 bits per heavy atom. The van der Waals surface area contributed by atoms with E-state index in [1.807, 2.05) is 12.4 Å². The van der Waals surface area contributed by atoms with Gasteiger partial charge in [-0.2, -0.15) is 5.10 Å². The van der Waals surface area contributed by atoms with Crippen LogP contribution in [0.4, 0.5) is 9.93 Å². The van der Waals surface area contributed by atoms with Crippen LogP contribution in [-0.2, 0) is 18.3 Å². The van der Waals surface area contributed by atoms with Gasteiger partial charge in [-0.3, -0.25) is 9.48 Å². The van der Waals surface area contributed by atoms with E-state index in [4.69, 9.17) is 0 Å². The number of urea groups is 1. The van der Waals surface area contributed by atoms with Crippen molar-refractivity contribution < 1.29 is 9.59 Å². The van der Waals surface area contributed by atoms with Gasteiger partial charge in [0.15, 0.2) is 11.0 Å². The molecule has 3 rings (SSSR count). The van der Waals surface area contributed by atoms with Crippen molar-refractivity contribution in [2.75, 3.05) is 25.0 Å². The molecule has 2 aromatic rings. The molecule has 0 saturated carbocycles. The Balaban J connectivity index is 1.40. The third-order valence-electron chi connectivity index (χ3n) is 4.24. The summed E-state index contributed by atoms with van der Waals surface area (Å²) in [6.07, 6.45) is 6.42. The first kappa shape index (κ1) is 18.3. The van der Waals surface area contributed by atoms with Crippen LogP contribution in [0, 0.1) is 5.92 Å². The molecule has 9 nitrogen and oxygen atoms in total. The highest BCUT2D eigenvalue weighted by atomic mass is 32.1. The molecule has 140 valence electrons. The summed E-state index contributed by atoms with van der Waals surface area (Å²) in [6.45, 7) is 1.67. The lowest BCUT2D eigenvalue weighted by Crippen LogP contribution is -2.48. The average Bonchev–Trinajstić information content (AvgIpc) is 3.30. The van der Waals surface area contributed by atoms with E-state index in [2.05, 4.69) is 25.7 Å². The SMILES string of the molecule is Cn1cnc(CCCNC(=O)N2CCCC(C(=O)Nc3nccs3)C2)n1. The quantitative estimate of drug-likeness (QED) is 0.738. The fraction of sp³-hybridized carbons (Fsp3) is 0.562. The number of likely N-dealkylation sites (tertiary alicyclic amines) is 1. The molecule has 2 N–H and O–H groups in total. The second-order valence-corrected chi connectivity index (χ2v) is 7.18. The Hall–Kier alpha value is -2.49. The topological polar surface area (TPSA) is 105 Å². The second kappa shape index (κ2) is 8.75. The number of hydrogen-bond acceptors (Lipinski definition) is 6. The summed E-state index contributed by atoms with van der Waals surface area (Å²) in [6, 6.07) is -0.120. The molecule has 3 amide bonds. The number of aromatic nitrogens is 4. The maximum Gasteiger partial charge on any atom is 0.317 e. The summed E-state index contributed by atoms with van der Waals surface area (Å²) < 4.78 is 1.67. The number of nitrogens with zero attached hydrogens (tertiary/aromatic N) is 5. The lowest BCUT2D eigenvalue weighted by Gasteiger charge is -2.31. The predicted octanol–water partition coefficient (Wildman–Crippen LogP) is 1.26. The van der Waals surface area contributed by atoms with Crippen LogP contribution in [0.15, 0.2) is 17.9 Å². The highest BCUT2D eigenvalue weighted by Crippen LogP contribution is 2.19. The molecule has 1 atom stereocenters. The van der Waals surface area contributed by atoms with Crippen LogP contribution >= 0.6 is 11.3 Å². The molecule has 3 heterocycles. The third-order valence-corrected chi connectivity index (χ3v) is 4.93. The standard InChI is InChI=1S/C16H23N7O2S/c1-22-11-19-13(21-22)5-2-6-18-16(25)23-8-3-4-12(10-23)14(24)20-15-17-7-9-26-15/h7,9,11-12H,2-6,8,10H2,1H3,(H,18,25)(H,17,20,24). The van der Waals surface area contributed by atoms with Crippen LogP contribution in [-0.4, -0.2) is 56.2 Å². The molecule has 0 aromatic carbocycles. The van der Waals surface area contributed by atoms with E-state index in [0.717, 1.165) is 31.5 Å². The Kier molecular flexibility index (Phi) is 6.16. The van der Waals surface area contributed by atoms with E-state index in [1.54, 1.807) is 22.1 Å². The zero-order valence-corrected chi connectivity index (χ0v) is 15.5. The van der Waals surface area contributed by atoms with Gasteiger partial charge in [0.1, 0.15) is 6.33 Å². The summed E-state index contributed by atoms with van der Waals surface area (Å²) in [5, 5.41) is 12.4. The molecule has 1 unspecified atom stereocenters. The van der Waals surface area contributed by atoms with Crippen molar-refractivity contribution in [3.05, 3.63) is 23.7 Å².